The van der Waals surface area contributed by atoms with Gasteiger partial charge in [-0.25, -0.2) is 4.99 Å². The molecule has 1 aromatic carbocycles. The molecule has 0 fully saturated rings. The molecule has 1 aromatic rings. The van der Waals surface area contributed by atoms with E-state index in [2.05, 4.69) is 22.5 Å². The van der Waals surface area contributed by atoms with Crippen LogP contribution >= 0.6 is 0 Å². The zero-order chi connectivity index (χ0) is 17.0. The molecule has 2 N–H and O–H groups in total. The molecule has 0 atom stereocenters. The van der Waals surface area contributed by atoms with Crippen LogP contribution in [0.1, 0.15) is 32.3 Å². The lowest BCUT2D eigenvalue weighted by atomic mass is 10.2. The van der Waals surface area contributed by atoms with Crippen LogP contribution in [0.4, 0.5) is 0 Å². The Morgan fingerprint density at radius 2 is 2.00 bits per heavy atom. The second-order valence-electron chi connectivity index (χ2n) is 5.50. The lowest BCUT2D eigenvalue weighted by Crippen LogP contribution is -2.38. The lowest BCUT2D eigenvalue weighted by Gasteiger charge is -2.12. The van der Waals surface area contributed by atoms with E-state index in [4.69, 9.17) is 14.2 Å². The smallest absolute Gasteiger partial charge is 0.191 e. The minimum absolute atomic E-state index is 0.595. The molecule has 0 aromatic heterocycles. The molecule has 0 saturated carbocycles. The molecule has 0 radical (unpaired) electrons. The number of guanidine groups is 1. The minimum Gasteiger partial charge on any atom is -0.490 e. The number of fused-ring (bicyclic) bond motifs is 1. The summed E-state index contributed by atoms with van der Waals surface area (Å²) in [4.78, 5) is 4.63. The molecule has 0 spiro atoms. The Labute approximate surface area is 144 Å². The van der Waals surface area contributed by atoms with E-state index in [0.717, 1.165) is 62.2 Å². The highest BCUT2D eigenvalue weighted by Crippen LogP contribution is 2.30. The second-order valence-corrected chi connectivity index (χ2v) is 5.50. The summed E-state index contributed by atoms with van der Waals surface area (Å²) < 4.78 is 16.7. The van der Waals surface area contributed by atoms with E-state index in [1.54, 1.807) is 0 Å². The van der Waals surface area contributed by atoms with Crippen LogP contribution in [0.2, 0.25) is 0 Å². The molecule has 0 aliphatic carbocycles. The number of benzene rings is 1. The van der Waals surface area contributed by atoms with Gasteiger partial charge in [-0.3, -0.25) is 0 Å². The summed E-state index contributed by atoms with van der Waals surface area (Å²) >= 11 is 0. The van der Waals surface area contributed by atoms with E-state index >= 15 is 0 Å². The molecule has 0 bridgehead atoms. The van der Waals surface area contributed by atoms with Crippen molar-refractivity contribution in [3.8, 4) is 11.5 Å². The molecule has 0 saturated heterocycles. The van der Waals surface area contributed by atoms with Gasteiger partial charge in [0.15, 0.2) is 17.5 Å². The van der Waals surface area contributed by atoms with Gasteiger partial charge < -0.3 is 24.8 Å². The van der Waals surface area contributed by atoms with Crippen molar-refractivity contribution in [3.05, 3.63) is 23.8 Å². The molecule has 1 aliphatic heterocycles. The van der Waals surface area contributed by atoms with E-state index in [1.165, 1.54) is 0 Å². The number of hydrogen-bond donors (Lipinski definition) is 2. The highest BCUT2D eigenvalue weighted by Gasteiger charge is 2.10. The van der Waals surface area contributed by atoms with Crippen LogP contribution in [0.3, 0.4) is 0 Å². The third-order valence-electron chi connectivity index (χ3n) is 3.54. The summed E-state index contributed by atoms with van der Waals surface area (Å²) in [6.07, 6.45) is 1.88. The van der Waals surface area contributed by atoms with Crippen LogP contribution in [0, 0.1) is 0 Å². The first-order chi connectivity index (χ1) is 11.8. The van der Waals surface area contributed by atoms with Crippen LogP contribution in [0.25, 0.3) is 0 Å². The second kappa shape index (κ2) is 10.8. The quantitative estimate of drug-likeness (QED) is 0.434. The van der Waals surface area contributed by atoms with Crippen LogP contribution in [0.5, 0.6) is 11.5 Å². The molecule has 1 aliphatic rings. The highest BCUT2D eigenvalue weighted by molar-refractivity contribution is 5.79. The molecular formula is C18H29N3O3. The number of nitrogens with zero attached hydrogens (tertiary/aromatic N) is 1. The summed E-state index contributed by atoms with van der Waals surface area (Å²) in [7, 11) is 0. The zero-order valence-corrected chi connectivity index (χ0v) is 14.8. The van der Waals surface area contributed by atoms with Gasteiger partial charge in [0.25, 0.3) is 0 Å². The predicted molar refractivity (Wildman–Crippen MR) is 96.0 cm³/mol. The summed E-state index contributed by atoms with van der Waals surface area (Å²) in [5.74, 6) is 2.46. The van der Waals surface area contributed by atoms with Crippen molar-refractivity contribution in [2.75, 3.05) is 39.5 Å². The van der Waals surface area contributed by atoms with Gasteiger partial charge in [-0.15, -0.1) is 0 Å². The largest absolute Gasteiger partial charge is 0.490 e. The Hall–Kier alpha value is -1.95. The van der Waals surface area contributed by atoms with Crippen LogP contribution in [-0.2, 0) is 11.3 Å². The third-order valence-corrected chi connectivity index (χ3v) is 3.54. The van der Waals surface area contributed by atoms with Crippen molar-refractivity contribution in [3.63, 3.8) is 0 Å². The van der Waals surface area contributed by atoms with E-state index in [-0.39, 0.29) is 0 Å². The summed E-state index contributed by atoms with van der Waals surface area (Å²) in [6, 6.07) is 6.02. The Morgan fingerprint density at radius 3 is 2.79 bits per heavy atom. The Bertz CT molecular complexity index is 520. The number of nitrogens with one attached hydrogen (secondary N) is 2. The normalized spacial score (nSPS) is 14.2. The predicted octanol–water partition coefficient (Wildman–Crippen LogP) is 2.33. The van der Waals surface area contributed by atoms with Gasteiger partial charge in [0.2, 0.25) is 0 Å². The summed E-state index contributed by atoms with van der Waals surface area (Å²) in [6.45, 7) is 9.27. The first kappa shape index (κ1) is 18.4. The van der Waals surface area contributed by atoms with Crippen molar-refractivity contribution < 1.29 is 14.2 Å². The standard InChI is InChI=1S/C18H29N3O3/c1-3-19-18(20-9-5-10-22-4-2)21-14-15-7-8-16-17(13-15)24-12-6-11-23-16/h7-8,13H,3-6,9-12,14H2,1-2H3,(H2,19,20,21). The number of hydrogen-bond acceptors (Lipinski definition) is 4. The van der Waals surface area contributed by atoms with Gasteiger partial charge in [-0.2, -0.15) is 0 Å². The van der Waals surface area contributed by atoms with Crippen LogP contribution in [0.15, 0.2) is 23.2 Å². The molecule has 6 nitrogen and oxygen atoms in total. The fourth-order valence-electron chi connectivity index (χ4n) is 2.34. The van der Waals surface area contributed by atoms with Crippen molar-refractivity contribution in [2.24, 2.45) is 4.99 Å². The van der Waals surface area contributed by atoms with Crippen molar-refractivity contribution in [1.29, 1.82) is 0 Å². The van der Waals surface area contributed by atoms with E-state index < -0.39 is 0 Å². The van der Waals surface area contributed by atoms with E-state index in [9.17, 15) is 0 Å². The van der Waals surface area contributed by atoms with Crippen molar-refractivity contribution >= 4 is 5.96 Å². The van der Waals surface area contributed by atoms with Gasteiger partial charge in [0.1, 0.15) is 0 Å². The van der Waals surface area contributed by atoms with Gasteiger partial charge >= 0.3 is 0 Å². The fourth-order valence-corrected chi connectivity index (χ4v) is 2.34. The van der Waals surface area contributed by atoms with Gasteiger partial charge in [-0.05, 0) is 38.0 Å². The van der Waals surface area contributed by atoms with Gasteiger partial charge in [-0.1, -0.05) is 6.07 Å². The molecule has 6 heteroatoms. The first-order valence-corrected chi connectivity index (χ1v) is 8.82. The maximum atomic E-state index is 5.73. The summed E-state index contributed by atoms with van der Waals surface area (Å²) in [5.41, 5.74) is 1.10. The zero-order valence-electron chi connectivity index (χ0n) is 14.8. The van der Waals surface area contributed by atoms with Gasteiger partial charge in [0.05, 0.1) is 19.8 Å². The molecule has 0 unspecified atom stereocenters. The molecule has 1 heterocycles. The number of ether oxygens (including phenoxy) is 3. The molecule has 2 rings (SSSR count). The Morgan fingerprint density at radius 1 is 1.17 bits per heavy atom. The van der Waals surface area contributed by atoms with Crippen LogP contribution < -0.4 is 20.1 Å². The SMILES string of the molecule is CCNC(=NCc1ccc2c(c1)OCCCO2)NCCCOCC. The maximum absolute atomic E-state index is 5.73. The number of aliphatic imine (C=N–C) groups is 1. The number of rotatable bonds is 8. The Kier molecular flexibility index (Phi) is 8.24. The average Bonchev–Trinajstić information content (AvgIpc) is 2.84. The molecule has 0 amide bonds. The first-order valence-electron chi connectivity index (χ1n) is 8.82. The monoisotopic (exact) mass is 335 g/mol. The third kappa shape index (κ3) is 6.28. The topological polar surface area (TPSA) is 64.1 Å². The maximum Gasteiger partial charge on any atom is 0.191 e. The van der Waals surface area contributed by atoms with Crippen molar-refractivity contribution in [2.45, 2.75) is 33.2 Å². The van der Waals surface area contributed by atoms with E-state index in [0.29, 0.717) is 19.8 Å². The minimum atomic E-state index is 0.595. The molecule has 24 heavy (non-hydrogen) atoms. The highest BCUT2D eigenvalue weighted by atomic mass is 16.5. The average molecular weight is 335 g/mol. The molecule has 134 valence electrons. The van der Waals surface area contributed by atoms with Gasteiger partial charge in [0, 0.05) is 32.7 Å². The van der Waals surface area contributed by atoms with Crippen molar-refractivity contribution in [1.82, 2.24) is 10.6 Å². The molecular weight excluding hydrogens is 306 g/mol. The fraction of sp³-hybridized carbons (Fsp3) is 0.611. The van der Waals surface area contributed by atoms with E-state index in [1.807, 2.05) is 25.1 Å². The van der Waals surface area contributed by atoms with Crippen LogP contribution in [-0.4, -0.2) is 45.5 Å². The Balaban J connectivity index is 1.89. The lowest BCUT2D eigenvalue weighted by molar-refractivity contribution is 0.145. The summed E-state index contributed by atoms with van der Waals surface area (Å²) in [5, 5.41) is 6.58.